The monoisotopic (exact) mass is 441 g/mol. The van der Waals surface area contributed by atoms with Crippen molar-refractivity contribution in [1.82, 2.24) is 0 Å². The Bertz CT molecular complexity index is 1000. The van der Waals surface area contributed by atoms with Gasteiger partial charge in [0.15, 0.2) is 5.60 Å². The number of aliphatic hydroxyl groups is 1. The molecule has 0 fully saturated rings. The molecule has 0 bridgehead atoms. The van der Waals surface area contributed by atoms with Crippen molar-refractivity contribution in [2.24, 2.45) is 4.99 Å². The molecule has 0 heterocycles. The molecule has 1 amide bonds. The predicted octanol–water partition coefficient (Wildman–Crippen LogP) is 4.12. The minimum absolute atomic E-state index is 0.293. The SMILES string of the molecule is C[C@@](O)(COc1ccc(N=C=S)cc1)C(=O)Nc1ccc([N+](=O)[O-])c(C(F)(F)F)c1. The Balaban J connectivity index is 2.11. The molecule has 30 heavy (non-hydrogen) atoms. The van der Waals surface area contributed by atoms with Crippen LogP contribution in [-0.2, 0) is 11.0 Å². The van der Waals surface area contributed by atoms with Crippen molar-refractivity contribution in [3.8, 4) is 5.75 Å². The Morgan fingerprint density at radius 2 is 1.93 bits per heavy atom. The zero-order valence-electron chi connectivity index (χ0n) is 15.3. The number of anilines is 1. The van der Waals surface area contributed by atoms with Gasteiger partial charge in [0.25, 0.3) is 11.6 Å². The number of amides is 1. The van der Waals surface area contributed by atoms with Crippen LogP contribution in [0.4, 0.5) is 30.2 Å². The van der Waals surface area contributed by atoms with Crippen molar-refractivity contribution >= 4 is 40.3 Å². The van der Waals surface area contributed by atoms with Gasteiger partial charge in [0.05, 0.1) is 15.8 Å². The van der Waals surface area contributed by atoms with Crippen LogP contribution in [0.2, 0.25) is 0 Å². The van der Waals surface area contributed by atoms with Gasteiger partial charge in [-0.05, 0) is 55.5 Å². The van der Waals surface area contributed by atoms with E-state index in [1.54, 1.807) is 12.1 Å². The van der Waals surface area contributed by atoms with Gasteiger partial charge in [0.1, 0.15) is 17.9 Å². The van der Waals surface area contributed by atoms with E-state index < -0.39 is 40.5 Å². The lowest BCUT2D eigenvalue weighted by Gasteiger charge is -2.23. The Kier molecular flexibility index (Phi) is 6.88. The summed E-state index contributed by atoms with van der Waals surface area (Å²) in [4.78, 5) is 25.6. The first kappa shape index (κ1) is 22.9. The van der Waals surface area contributed by atoms with Crippen LogP contribution in [-0.4, -0.2) is 33.3 Å². The summed E-state index contributed by atoms with van der Waals surface area (Å²) in [5.74, 6) is -0.771. The Morgan fingerprint density at radius 1 is 1.30 bits per heavy atom. The number of nitrogens with zero attached hydrogens (tertiary/aromatic N) is 2. The first-order valence-electron chi connectivity index (χ1n) is 8.14. The molecule has 0 spiro atoms. The fourth-order valence-electron chi connectivity index (χ4n) is 2.22. The number of aliphatic imine (C=N–C) groups is 1. The normalized spacial score (nSPS) is 13.0. The second-order valence-corrected chi connectivity index (χ2v) is 6.38. The smallest absolute Gasteiger partial charge is 0.423 e. The molecule has 0 saturated heterocycles. The lowest BCUT2D eigenvalue weighted by molar-refractivity contribution is -0.388. The van der Waals surface area contributed by atoms with Crippen LogP contribution in [0.15, 0.2) is 47.5 Å². The molecule has 0 saturated carbocycles. The van der Waals surface area contributed by atoms with E-state index in [1.165, 1.54) is 12.1 Å². The van der Waals surface area contributed by atoms with Gasteiger partial charge in [0.2, 0.25) is 0 Å². The summed E-state index contributed by atoms with van der Waals surface area (Å²) < 4.78 is 44.5. The molecule has 0 aliphatic rings. The van der Waals surface area contributed by atoms with Gasteiger partial charge >= 0.3 is 6.18 Å². The third-order valence-corrected chi connectivity index (χ3v) is 3.87. The molecule has 0 aliphatic carbocycles. The molecule has 158 valence electrons. The number of nitro benzene ring substituents is 1. The Morgan fingerprint density at radius 3 is 2.47 bits per heavy atom. The number of isothiocyanates is 1. The second kappa shape index (κ2) is 8.99. The lowest BCUT2D eigenvalue weighted by atomic mass is 10.1. The Labute approximate surface area is 173 Å². The third-order valence-electron chi connectivity index (χ3n) is 3.78. The third kappa shape index (κ3) is 5.83. The van der Waals surface area contributed by atoms with Gasteiger partial charge in [0, 0.05) is 11.8 Å². The van der Waals surface area contributed by atoms with Crippen LogP contribution in [0.3, 0.4) is 0 Å². The standard InChI is InChI=1S/C18H14F3N3O5S/c1-17(26,9-29-13-5-2-11(3-6-13)22-10-30)16(25)23-12-4-7-15(24(27)28)14(8-12)18(19,20)21/h2-8,26H,9H2,1H3,(H,23,25)/t17-/m1/s1. The van der Waals surface area contributed by atoms with Crippen molar-refractivity contribution in [2.45, 2.75) is 18.7 Å². The van der Waals surface area contributed by atoms with Gasteiger partial charge < -0.3 is 15.2 Å². The van der Waals surface area contributed by atoms with Crippen molar-refractivity contribution in [1.29, 1.82) is 0 Å². The summed E-state index contributed by atoms with van der Waals surface area (Å²) in [6, 6.07) is 8.09. The van der Waals surface area contributed by atoms with Crippen LogP contribution in [0.1, 0.15) is 12.5 Å². The first-order chi connectivity index (χ1) is 13.9. The zero-order chi connectivity index (χ0) is 22.5. The summed E-state index contributed by atoms with van der Waals surface area (Å²) in [7, 11) is 0. The number of benzene rings is 2. The summed E-state index contributed by atoms with van der Waals surface area (Å²) in [5.41, 5.74) is -4.66. The number of carbonyl (C=O) groups excluding carboxylic acids is 1. The van der Waals surface area contributed by atoms with Gasteiger partial charge in [-0.3, -0.25) is 14.9 Å². The van der Waals surface area contributed by atoms with Gasteiger partial charge in [-0.1, -0.05) is 0 Å². The zero-order valence-corrected chi connectivity index (χ0v) is 16.1. The average Bonchev–Trinajstić information content (AvgIpc) is 2.67. The molecule has 2 N–H and O–H groups in total. The van der Waals surface area contributed by atoms with Crippen LogP contribution in [0.25, 0.3) is 0 Å². The summed E-state index contributed by atoms with van der Waals surface area (Å²) in [6.45, 7) is 0.580. The van der Waals surface area contributed by atoms with Crippen molar-refractivity contribution in [3.05, 3.63) is 58.1 Å². The molecular formula is C18H14F3N3O5S. The number of rotatable bonds is 7. The minimum Gasteiger partial charge on any atom is -0.490 e. The molecule has 2 aromatic rings. The fraction of sp³-hybridized carbons (Fsp3) is 0.222. The Hall–Kier alpha value is -3.34. The lowest BCUT2D eigenvalue weighted by Crippen LogP contribution is -2.45. The van der Waals surface area contributed by atoms with Crippen molar-refractivity contribution < 1.29 is 32.7 Å². The molecule has 8 nitrogen and oxygen atoms in total. The summed E-state index contributed by atoms with van der Waals surface area (Å²) in [5, 5.41) is 25.4. The number of ether oxygens (including phenoxy) is 1. The molecule has 2 aromatic carbocycles. The highest BCUT2D eigenvalue weighted by Gasteiger charge is 2.39. The van der Waals surface area contributed by atoms with Crippen LogP contribution in [0.5, 0.6) is 5.75 Å². The van der Waals surface area contributed by atoms with Gasteiger partial charge in [-0.25, -0.2) is 0 Å². The summed E-state index contributed by atoms with van der Waals surface area (Å²) >= 11 is 4.48. The first-order valence-corrected chi connectivity index (χ1v) is 8.55. The largest absolute Gasteiger partial charge is 0.490 e. The van der Waals surface area contributed by atoms with E-state index in [1.807, 2.05) is 0 Å². The molecule has 1 atom stereocenters. The number of carbonyl (C=O) groups is 1. The number of hydrogen-bond donors (Lipinski definition) is 2. The van der Waals surface area contributed by atoms with E-state index in [0.717, 1.165) is 13.0 Å². The van der Waals surface area contributed by atoms with E-state index in [2.05, 4.69) is 27.7 Å². The number of nitrogens with one attached hydrogen (secondary N) is 1. The van der Waals surface area contributed by atoms with E-state index in [9.17, 15) is 33.2 Å². The second-order valence-electron chi connectivity index (χ2n) is 6.20. The highest BCUT2D eigenvalue weighted by atomic mass is 32.1. The maximum absolute atomic E-state index is 13.0. The molecule has 0 aliphatic heterocycles. The minimum atomic E-state index is -5.01. The highest BCUT2D eigenvalue weighted by Crippen LogP contribution is 2.37. The molecule has 0 aromatic heterocycles. The number of thiocarbonyl (C=S) groups is 1. The van der Waals surface area contributed by atoms with Crippen LogP contribution in [0, 0.1) is 10.1 Å². The summed E-state index contributed by atoms with van der Waals surface area (Å²) in [6.07, 6.45) is -5.01. The molecular weight excluding hydrogens is 427 g/mol. The predicted molar refractivity (Wildman–Crippen MR) is 104 cm³/mol. The maximum Gasteiger partial charge on any atom is 0.423 e. The molecule has 2 rings (SSSR count). The molecule has 0 unspecified atom stereocenters. The number of nitro groups is 1. The highest BCUT2D eigenvalue weighted by molar-refractivity contribution is 7.78. The average molecular weight is 441 g/mol. The van der Waals surface area contributed by atoms with Crippen LogP contribution >= 0.6 is 12.2 Å². The van der Waals surface area contributed by atoms with Gasteiger partial charge in [-0.2, -0.15) is 18.2 Å². The topological polar surface area (TPSA) is 114 Å². The van der Waals surface area contributed by atoms with E-state index in [4.69, 9.17) is 4.74 Å². The van der Waals surface area contributed by atoms with E-state index in [-0.39, 0.29) is 5.69 Å². The molecule has 0 radical (unpaired) electrons. The number of hydrogen-bond acceptors (Lipinski definition) is 7. The molecule has 12 heteroatoms. The number of alkyl halides is 3. The maximum atomic E-state index is 13.0. The quantitative estimate of drug-likeness (QED) is 0.289. The van der Waals surface area contributed by atoms with Gasteiger partial charge in [-0.15, -0.1) is 0 Å². The van der Waals surface area contributed by atoms with Crippen LogP contribution < -0.4 is 10.1 Å². The fourth-order valence-corrected chi connectivity index (χ4v) is 2.33. The van der Waals surface area contributed by atoms with E-state index >= 15 is 0 Å². The number of halogens is 3. The van der Waals surface area contributed by atoms with Crippen molar-refractivity contribution in [2.75, 3.05) is 11.9 Å². The van der Waals surface area contributed by atoms with Crippen molar-refractivity contribution in [3.63, 3.8) is 0 Å². The van der Waals surface area contributed by atoms with E-state index in [0.29, 0.717) is 23.6 Å².